The first kappa shape index (κ1) is 8.98. The fourth-order valence-corrected chi connectivity index (χ4v) is 1.13. The highest BCUT2D eigenvalue weighted by Crippen LogP contribution is 2.07. The molecule has 0 spiro atoms. The van der Waals surface area contributed by atoms with Gasteiger partial charge >= 0.3 is 0 Å². The summed E-state index contributed by atoms with van der Waals surface area (Å²) in [5.41, 5.74) is 2.43. The molecule has 1 nitrogen and oxygen atoms in total. The van der Waals surface area contributed by atoms with Gasteiger partial charge in [0.25, 0.3) is 0 Å². The Kier molecular flexibility index (Phi) is 3.52. The molecule has 0 aliphatic rings. The van der Waals surface area contributed by atoms with Crippen LogP contribution in [0.15, 0.2) is 24.4 Å². The van der Waals surface area contributed by atoms with Crippen molar-refractivity contribution < 1.29 is 0 Å². The quantitative estimate of drug-likeness (QED) is 0.664. The van der Waals surface area contributed by atoms with Crippen molar-refractivity contribution in [2.75, 3.05) is 0 Å². The molecule has 0 aliphatic carbocycles. The van der Waals surface area contributed by atoms with Crippen molar-refractivity contribution in [3.8, 4) is 0 Å². The molecule has 0 radical (unpaired) electrons. The molecule has 1 aromatic heterocycles. The summed E-state index contributed by atoms with van der Waals surface area (Å²) in [7, 11) is 0. The van der Waals surface area contributed by atoms with Crippen molar-refractivity contribution in [3.63, 3.8) is 0 Å². The molecule has 1 aromatic rings. The predicted octanol–water partition coefficient (Wildman–Crippen LogP) is 3.07. The summed E-state index contributed by atoms with van der Waals surface area (Å²) < 4.78 is 0. The average Bonchev–Trinajstić information content (AvgIpc) is 2.15. The topological polar surface area (TPSA) is 12.9 Å². The van der Waals surface area contributed by atoms with E-state index in [1.165, 1.54) is 5.56 Å². The van der Waals surface area contributed by atoms with E-state index in [2.05, 4.69) is 37.0 Å². The smallest absolute Gasteiger partial charge is 0.0658 e. The normalized spacial score (nSPS) is 10.8. The van der Waals surface area contributed by atoms with Crippen molar-refractivity contribution in [2.45, 2.75) is 26.7 Å². The molecule has 1 rings (SSSR count). The van der Waals surface area contributed by atoms with Crippen LogP contribution in [0.4, 0.5) is 0 Å². The largest absolute Gasteiger partial charge is 0.257 e. The summed E-state index contributed by atoms with van der Waals surface area (Å²) in [6, 6.07) is 4.12. The molecule has 64 valence electrons. The highest BCUT2D eigenvalue weighted by atomic mass is 14.7. The van der Waals surface area contributed by atoms with E-state index in [-0.39, 0.29) is 0 Å². The molecule has 0 amide bonds. The van der Waals surface area contributed by atoms with Gasteiger partial charge in [-0.15, -0.1) is 0 Å². The summed E-state index contributed by atoms with van der Waals surface area (Å²) in [5, 5.41) is 0. The number of rotatable bonds is 3. The van der Waals surface area contributed by atoms with E-state index in [1.54, 1.807) is 0 Å². The van der Waals surface area contributed by atoms with Crippen LogP contribution in [0.5, 0.6) is 0 Å². The zero-order valence-corrected chi connectivity index (χ0v) is 7.75. The van der Waals surface area contributed by atoms with Gasteiger partial charge in [0.15, 0.2) is 0 Å². The van der Waals surface area contributed by atoms with Crippen LogP contribution < -0.4 is 0 Å². The van der Waals surface area contributed by atoms with Crippen LogP contribution in [0, 0.1) is 0 Å². The number of hydrogen-bond donors (Lipinski definition) is 0. The minimum absolute atomic E-state index is 1.05. The van der Waals surface area contributed by atoms with Crippen molar-refractivity contribution in [1.82, 2.24) is 4.98 Å². The van der Waals surface area contributed by atoms with E-state index >= 15 is 0 Å². The maximum absolute atomic E-state index is 4.30. The maximum atomic E-state index is 4.30. The van der Waals surface area contributed by atoms with Crippen LogP contribution in [0.25, 0.3) is 6.08 Å². The van der Waals surface area contributed by atoms with Crippen LogP contribution in [0.1, 0.15) is 31.5 Å². The third-order valence-corrected chi connectivity index (χ3v) is 1.82. The zero-order chi connectivity index (χ0) is 8.81. The number of nitrogens with zero attached hydrogens (tertiary/aromatic N) is 1. The van der Waals surface area contributed by atoms with E-state index in [9.17, 15) is 0 Å². The van der Waals surface area contributed by atoms with Crippen LogP contribution in [-0.2, 0) is 6.42 Å². The Balaban J connectivity index is 2.89. The summed E-state index contributed by atoms with van der Waals surface area (Å²) in [5.74, 6) is 0. The molecule has 0 aromatic carbocycles. The lowest BCUT2D eigenvalue weighted by Crippen LogP contribution is -1.88. The Labute approximate surface area is 74.2 Å². The molecule has 0 bridgehead atoms. The Hall–Kier alpha value is -1.11. The Morgan fingerprint density at radius 2 is 2.25 bits per heavy atom. The highest BCUT2D eigenvalue weighted by molar-refractivity contribution is 5.48. The lowest BCUT2D eigenvalue weighted by atomic mass is 10.1. The van der Waals surface area contributed by atoms with E-state index in [0.717, 1.165) is 18.5 Å². The predicted molar refractivity (Wildman–Crippen MR) is 52.9 cm³/mol. The van der Waals surface area contributed by atoms with Crippen molar-refractivity contribution in [1.29, 1.82) is 0 Å². The number of aromatic nitrogens is 1. The van der Waals surface area contributed by atoms with Crippen LogP contribution in [0.2, 0.25) is 0 Å². The lowest BCUT2D eigenvalue weighted by molar-refractivity contribution is 1.09. The van der Waals surface area contributed by atoms with E-state index in [1.807, 2.05) is 12.3 Å². The minimum Gasteiger partial charge on any atom is -0.257 e. The standard InChI is InChI=1S/C11H15N/c1-3-5-8-11-10(4-2)7-6-9-12-11/h5-9H,3-4H2,1-2H3/b8-5-. The van der Waals surface area contributed by atoms with Crippen LogP contribution >= 0.6 is 0 Å². The Morgan fingerprint density at radius 3 is 2.92 bits per heavy atom. The zero-order valence-electron chi connectivity index (χ0n) is 7.75. The fraction of sp³-hybridized carbons (Fsp3) is 0.364. The van der Waals surface area contributed by atoms with Gasteiger partial charge in [-0.05, 0) is 30.5 Å². The molecule has 0 fully saturated rings. The van der Waals surface area contributed by atoms with Crippen LogP contribution in [0.3, 0.4) is 0 Å². The average molecular weight is 161 g/mol. The number of aryl methyl sites for hydroxylation is 1. The Morgan fingerprint density at radius 1 is 1.42 bits per heavy atom. The van der Waals surface area contributed by atoms with Gasteiger partial charge in [-0.1, -0.05) is 26.0 Å². The first-order valence-corrected chi connectivity index (χ1v) is 4.49. The summed E-state index contributed by atoms with van der Waals surface area (Å²) in [6.07, 6.45) is 8.20. The van der Waals surface area contributed by atoms with Gasteiger partial charge < -0.3 is 0 Å². The second-order valence-electron chi connectivity index (χ2n) is 2.71. The number of hydrogen-bond acceptors (Lipinski definition) is 1. The molecule has 1 heteroatoms. The fourth-order valence-electron chi connectivity index (χ4n) is 1.13. The monoisotopic (exact) mass is 161 g/mol. The summed E-state index contributed by atoms with van der Waals surface area (Å²) in [6.45, 7) is 4.28. The van der Waals surface area contributed by atoms with E-state index in [4.69, 9.17) is 0 Å². The highest BCUT2D eigenvalue weighted by Gasteiger charge is 1.94. The molecule has 0 saturated carbocycles. The van der Waals surface area contributed by atoms with E-state index in [0.29, 0.717) is 0 Å². The molecule has 0 N–H and O–H groups in total. The lowest BCUT2D eigenvalue weighted by Gasteiger charge is -1.99. The van der Waals surface area contributed by atoms with Gasteiger partial charge in [0, 0.05) is 6.20 Å². The van der Waals surface area contributed by atoms with Crippen LogP contribution in [-0.4, -0.2) is 4.98 Å². The minimum atomic E-state index is 1.05. The first-order chi connectivity index (χ1) is 5.88. The second-order valence-corrected chi connectivity index (χ2v) is 2.71. The van der Waals surface area contributed by atoms with Gasteiger partial charge in [0.05, 0.1) is 5.69 Å². The van der Waals surface area contributed by atoms with E-state index < -0.39 is 0 Å². The molecular formula is C11H15N. The molecule has 12 heavy (non-hydrogen) atoms. The molecular weight excluding hydrogens is 146 g/mol. The van der Waals surface area contributed by atoms with Gasteiger partial charge in [0.2, 0.25) is 0 Å². The van der Waals surface area contributed by atoms with Crippen molar-refractivity contribution in [3.05, 3.63) is 35.7 Å². The SMILES string of the molecule is CC/C=C\c1ncccc1CC. The molecule has 0 atom stereocenters. The number of pyridine rings is 1. The van der Waals surface area contributed by atoms with Gasteiger partial charge in [-0.2, -0.15) is 0 Å². The molecule has 0 aliphatic heterocycles. The number of allylic oxidation sites excluding steroid dienone is 1. The molecule has 0 unspecified atom stereocenters. The third-order valence-electron chi connectivity index (χ3n) is 1.82. The van der Waals surface area contributed by atoms with Gasteiger partial charge in [-0.3, -0.25) is 4.98 Å². The maximum Gasteiger partial charge on any atom is 0.0658 e. The van der Waals surface area contributed by atoms with Gasteiger partial charge in [0.1, 0.15) is 0 Å². The summed E-state index contributed by atoms with van der Waals surface area (Å²) >= 11 is 0. The first-order valence-electron chi connectivity index (χ1n) is 4.49. The van der Waals surface area contributed by atoms with Gasteiger partial charge in [-0.25, -0.2) is 0 Å². The third kappa shape index (κ3) is 2.19. The summed E-state index contributed by atoms with van der Waals surface area (Å²) in [4.78, 5) is 4.30. The molecule has 1 heterocycles. The second kappa shape index (κ2) is 4.70. The van der Waals surface area contributed by atoms with Crippen molar-refractivity contribution >= 4 is 6.08 Å². The Bertz CT molecular complexity index is 263. The molecule has 0 saturated heterocycles. The van der Waals surface area contributed by atoms with Crippen molar-refractivity contribution in [2.24, 2.45) is 0 Å².